The molecule has 0 saturated carbocycles. The van der Waals surface area contributed by atoms with Crippen LogP contribution in [0.4, 0.5) is 13.2 Å². The maximum absolute atomic E-state index is 13.0. The molecule has 2 N–H and O–H groups in total. The highest BCUT2D eigenvalue weighted by molar-refractivity contribution is 5.79. The molecule has 0 amide bonds. The third-order valence-electron chi connectivity index (χ3n) is 4.19. The lowest BCUT2D eigenvalue weighted by atomic mass is 9.82. The molecule has 1 aliphatic rings. The predicted molar refractivity (Wildman–Crippen MR) is 72.2 cm³/mol. The van der Waals surface area contributed by atoms with Gasteiger partial charge in [-0.25, -0.2) is 4.79 Å². The lowest BCUT2D eigenvalue weighted by Gasteiger charge is -2.32. The summed E-state index contributed by atoms with van der Waals surface area (Å²) in [4.78, 5) is 11.0. The predicted octanol–water partition coefficient (Wildman–Crippen LogP) is 3.10. The molecule has 3 nitrogen and oxygen atoms in total. The van der Waals surface area contributed by atoms with Crippen LogP contribution in [0, 0.1) is 0 Å². The van der Waals surface area contributed by atoms with E-state index >= 15 is 0 Å². The van der Waals surface area contributed by atoms with Crippen LogP contribution >= 0.6 is 0 Å². The molecule has 0 radical (unpaired) electrons. The van der Waals surface area contributed by atoms with E-state index in [-0.39, 0.29) is 12.5 Å². The number of hydrogen-bond donors (Lipinski definition) is 2. The third-order valence-corrected chi connectivity index (χ3v) is 4.19. The molecule has 116 valence electrons. The number of carbonyl (C=O) groups is 1. The van der Waals surface area contributed by atoms with Crippen LogP contribution in [0.2, 0.25) is 0 Å². The van der Waals surface area contributed by atoms with Crippen LogP contribution in [-0.4, -0.2) is 29.3 Å². The van der Waals surface area contributed by atoms with Crippen molar-refractivity contribution in [1.29, 1.82) is 0 Å². The maximum atomic E-state index is 13.0. The lowest BCUT2D eigenvalue weighted by Crippen LogP contribution is -2.61. The lowest BCUT2D eigenvalue weighted by molar-refractivity contribution is -0.206. The summed E-state index contributed by atoms with van der Waals surface area (Å²) in [6.45, 7) is 0.670. The first-order valence-electron chi connectivity index (χ1n) is 6.88. The molecule has 2 unspecified atom stereocenters. The van der Waals surface area contributed by atoms with Gasteiger partial charge in [-0.15, -0.1) is 0 Å². The molecule has 21 heavy (non-hydrogen) atoms. The molecule has 6 heteroatoms. The zero-order valence-corrected chi connectivity index (χ0v) is 11.7. The van der Waals surface area contributed by atoms with E-state index in [1.807, 2.05) is 24.3 Å². The van der Waals surface area contributed by atoms with Crippen molar-refractivity contribution < 1.29 is 23.1 Å². The zero-order valence-electron chi connectivity index (χ0n) is 11.7. The van der Waals surface area contributed by atoms with Crippen LogP contribution in [-0.2, 0) is 11.2 Å². The molecule has 0 fully saturated rings. The fraction of sp³-hybridized carbons (Fsp3) is 0.533. The number of nitrogens with one attached hydrogen (secondary N) is 1. The molecular formula is C15H18F3NO2. The van der Waals surface area contributed by atoms with Crippen molar-refractivity contribution in [2.75, 3.05) is 6.54 Å². The van der Waals surface area contributed by atoms with Crippen LogP contribution in [0.3, 0.4) is 0 Å². The number of alkyl halides is 3. The first kappa shape index (κ1) is 15.8. The van der Waals surface area contributed by atoms with Gasteiger partial charge in [-0.2, -0.15) is 13.2 Å². The van der Waals surface area contributed by atoms with Crippen molar-refractivity contribution >= 4 is 5.97 Å². The van der Waals surface area contributed by atoms with E-state index in [1.165, 1.54) is 0 Å². The van der Waals surface area contributed by atoms with Gasteiger partial charge < -0.3 is 5.11 Å². The smallest absolute Gasteiger partial charge is 0.417 e. The summed E-state index contributed by atoms with van der Waals surface area (Å²) in [5.41, 5.74) is -0.759. The van der Waals surface area contributed by atoms with Crippen LogP contribution in [0.5, 0.6) is 0 Å². The quantitative estimate of drug-likeness (QED) is 0.898. The summed E-state index contributed by atoms with van der Waals surface area (Å²) in [7, 11) is 0. The van der Waals surface area contributed by atoms with E-state index < -0.39 is 17.7 Å². The summed E-state index contributed by atoms with van der Waals surface area (Å²) in [5, 5.41) is 11.1. The van der Waals surface area contributed by atoms with E-state index in [9.17, 15) is 18.0 Å². The Balaban J connectivity index is 2.15. The summed E-state index contributed by atoms with van der Waals surface area (Å²) >= 11 is 0. The van der Waals surface area contributed by atoms with Gasteiger partial charge in [0.2, 0.25) is 5.54 Å². The number of aryl methyl sites for hydroxylation is 1. The summed E-state index contributed by atoms with van der Waals surface area (Å²) in [6.07, 6.45) is -2.26. The molecule has 1 aliphatic carbocycles. The van der Waals surface area contributed by atoms with Gasteiger partial charge in [-0.05, 0) is 43.2 Å². The number of benzene rings is 1. The highest BCUT2D eigenvalue weighted by Gasteiger charge is 2.57. The Morgan fingerprint density at radius 1 is 1.38 bits per heavy atom. The second-order valence-electron chi connectivity index (χ2n) is 5.60. The van der Waals surface area contributed by atoms with Crippen molar-refractivity contribution in [2.24, 2.45) is 0 Å². The third kappa shape index (κ3) is 3.05. The maximum Gasteiger partial charge on any atom is 0.417 e. The average Bonchev–Trinajstić information content (AvgIpc) is 2.43. The fourth-order valence-corrected chi connectivity index (χ4v) is 2.69. The van der Waals surface area contributed by atoms with E-state index in [0.29, 0.717) is 6.92 Å². The van der Waals surface area contributed by atoms with Gasteiger partial charge in [0.15, 0.2) is 0 Å². The number of hydrogen-bond acceptors (Lipinski definition) is 2. The van der Waals surface area contributed by atoms with Gasteiger partial charge in [0.1, 0.15) is 0 Å². The molecule has 1 aromatic rings. The minimum absolute atomic E-state index is 0.000671. The number of aliphatic carboxylic acids is 1. The molecule has 0 spiro atoms. The Bertz CT molecular complexity index is 530. The zero-order chi connectivity index (χ0) is 15.7. The van der Waals surface area contributed by atoms with Crippen LogP contribution in [0.25, 0.3) is 0 Å². The van der Waals surface area contributed by atoms with Crippen LogP contribution in [0.15, 0.2) is 24.3 Å². The van der Waals surface area contributed by atoms with E-state index in [4.69, 9.17) is 5.11 Å². The number of rotatable bonds is 4. The largest absolute Gasteiger partial charge is 0.480 e. The minimum Gasteiger partial charge on any atom is -0.480 e. The summed E-state index contributed by atoms with van der Waals surface area (Å²) in [6, 6.07) is 7.65. The highest BCUT2D eigenvalue weighted by atomic mass is 19.4. The van der Waals surface area contributed by atoms with Gasteiger partial charge in [0, 0.05) is 6.54 Å². The van der Waals surface area contributed by atoms with Gasteiger partial charge in [0.05, 0.1) is 0 Å². The van der Waals surface area contributed by atoms with E-state index in [0.717, 1.165) is 30.4 Å². The Labute approximate surface area is 121 Å². The number of carboxylic acids is 1. The van der Waals surface area contributed by atoms with Gasteiger partial charge in [-0.3, -0.25) is 5.32 Å². The topological polar surface area (TPSA) is 49.3 Å². The van der Waals surface area contributed by atoms with Gasteiger partial charge in [-0.1, -0.05) is 24.3 Å². The first-order chi connectivity index (χ1) is 9.75. The first-order valence-corrected chi connectivity index (χ1v) is 6.88. The second kappa shape index (κ2) is 5.67. The van der Waals surface area contributed by atoms with Gasteiger partial charge in [0.25, 0.3) is 0 Å². The Hall–Kier alpha value is -1.56. The van der Waals surface area contributed by atoms with Crippen LogP contribution < -0.4 is 5.32 Å². The summed E-state index contributed by atoms with van der Waals surface area (Å²) in [5.74, 6) is -1.99. The monoisotopic (exact) mass is 301 g/mol. The number of fused-ring (bicyclic) bond motifs is 1. The second-order valence-corrected chi connectivity index (χ2v) is 5.60. The summed E-state index contributed by atoms with van der Waals surface area (Å²) < 4.78 is 38.9. The van der Waals surface area contributed by atoms with E-state index in [1.54, 1.807) is 0 Å². The molecule has 0 aromatic heterocycles. The molecular weight excluding hydrogens is 283 g/mol. The fourth-order valence-electron chi connectivity index (χ4n) is 2.69. The SMILES string of the molecule is CC(NCC1CCCc2ccccc21)(C(=O)O)C(F)(F)F. The molecule has 0 saturated heterocycles. The molecule has 2 atom stereocenters. The molecule has 0 aliphatic heterocycles. The Kier molecular flexibility index (Phi) is 4.27. The standard InChI is InChI=1S/C15H18F3NO2/c1-14(13(20)21,15(16,17)18)19-9-11-7-4-6-10-5-2-3-8-12(10)11/h2-3,5,8,11,19H,4,6-7,9H2,1H3,(H,20,21). The molecule has 2 rings (SSSR count). The van der Waals surface area contributed by atoms with Crippen molar-refractivity contribution in [2.45, 2.75) is 43.8 Å². The Morgan fingerprint density at radius 3 is 2.67 bits per heavy atom. The van der Waals surface area contributed by atoms with Crippen molar-refractivity contribution in [1.82, 2.24) is 5.32 Å². The van der Waals surface area contributed by atoms with E-state index in [2.05, 4.69) is 5.32 Å². The van der Waals surface area contributed by atoms with Gasteiger partial charge >= 0.3 is 12.1 Å². The van der Waals surface area contributed by atoms with Crippen molar-refractivity contribution in [3.8, 4) is 0 Å². The van der Waals surface area contributed by atoms with Crippen molar-refractivity contribution in [3.05, 3.63) is 35.4 Å². The molecule has 1 aromatic carbocycles. The molecule has 0 bridgehead atoms. The van der Waals surface area contributed by atoms with Crippen molar-refractivity contribution in [3.63, 3.8) is 0 Å². The average molecular weight is 301 g/mol. The normalized spacial score (nSPS) is 21.4. The number of halogens is 3. The van der Waals surface area contributed by atoms with Crippen LogP contribution in [0.1, 0.15) is 36.8 Å². The highest BCUT2D eigenvalue weighted by Crippen LogP contribution is 2.34. The minimum atomic E-state index is -4.84. The molecule has 0 heterocycles. The number of carboxylic acid groups (broad SMARTS) is 1. The Morgan fingerprint density at radius 2 is 2.05 bits per heavy atom.